The number of aromatic nitrogens is 3. The Morgan fingerprint density at radius 2 is 2.13 bits per heavy atom. The van der Waals surface area contributed by atoms with Crippen molar-refractivity contribution in [3.05, 3.63) is 21.3 Å². The number of aryl methyl sites for hydroxylation is 1. The lowest BCUT2D eigenvalue weighted by atomic mass is 10.1. The van der Waals surface area contributed by atoms with Gasteiger partial charge in [-0.25, -0.2) is 24.6 Å². The van der Waals surface area contributed by atoms with Crippen LogP contribution in [0.2, 0.25) is 5.15 Å². The highest BCUT2D eigenvalue weighted by atomic mass is 35.5. The van der Waals surface area contributed by atoms with E-state index in [0.29, 0.717) is 39.8 Å². The first-order valence-corrected chi connectivity index (χ1v) is 11.9. The number of fused-ring (bicyclic) bond motifs is 1. The van der Waals surface area contributed by atoms with Crippen LogP contribution in [0.25, 0.3) is 0 Å². The number of nitrogens with zero attached hydrogens (tertiary/aromatic N) is 4. The van der Waals surface area contributed by atoms with Crippen molar-refractivity contribution in [2.45, 2.75) is 26.7 Å². The third kappa shape index (κ3) is 5.55. The number of rotatable bonds is 8. The molecule has 164 valence electrons. The molecule has 0 aromatic carbocycles. The van der Waals surface area contributed by atoms with Crippen LogP contribution in [-0.4, -0.2) is 55.6 Å². The van der Waals surface area contributed by atoms with Gasteiger partial charge >= 0.3 is 5.97 Å². The lowest BCUT2D eigenvalue weighted by molar-refractivity contribution is 0.0531. The molecule has 4 N–H and O–H groups in total. The van der Waals surface area contributed by atoms with Gasteiger partial charge in [-0.3, -0.25) is 5.32 Å². The average Bonchev–Trinajstić information content (AvgIpc) is 3.01. The van der Waals surface area contributed by atoms with Crippen LogP contribution in [0.5, 0.6) is 0 Å². The number of thiazole rings is 1. The molecule has 0 fully saturated rings. The van der Waals surface area contributed by atoms with E-state index in [1.54, 1.807) is 13.8 Å². The van der Waals surface area contributed by atoms with Crippen molar-refractivity contribution in [2.75, 3.05) is 36.5 Å². The van der Waals surface area contributed by atoms with Crippen molar-refractivity contribution in [1.82, 2.24) is 19.7 Å². The summed E-state index contributed by atoms with van der Waals surface area (Å²) in [6, 6.07) is 0. The Morgan fingerprint density at radius 3 is 2.83 bits per heavy atom. The quantitative estimate of drug-likeness (QED) is 0.379. The Bertz CT molecular complexity index is 1040. The summed E-state index contributed by atoms with van der Waals surface area (Å²) < 4.78 is 29.5. The third-order valence-electron chi connectivity index (χ3n) is 4.25. The van der Waals surface area contributed by atoms with E-state index in [1.165, 1.54) is 0 Å². The Balaban J connectivity index is 1.81. The number of carbonyl (C=O) groups is 1. The second-order valence-corrected chi connectivity index (χ2v) is 9.18. The minimum absolute atomic E-state index is 0.136. The molecule has 0 saturated carbocycles. The zero-order chi connectivity index (χ0) is 21.9. The zero-order valence-corrected chi connectivity index (χ0v) is 18.8. The Hall–Kier alpha value is -2.06. The molecule has 0 saturated heterocycles. The van der Waals surface area contributed by atoms with E-state index in [4.69, 9.17) is 21.5 Å². The van der Waals surface area contributed by atoms with Crippen LogP contribution >= 0.6 is 22.9 Å². The maximum Gasteiger partial charge on any atom is 0.350 e. The molecule has 0 radical (unpaired) electrons. The highest BCUT2D eigenvalue weighted by Crippen LogP contribution is 2.32. The van der Waals surface area contributed by atoms with Gasteiger partial charge in [-0.05, 0) is 26.7 Å². The fourth-order valence-electron chi connectivity index (χ4n) is 3.00. The number of anilines is 3. The lowest BCUT2D eigenvalue weighted by Crippen LogP contribution is -2.40. The molecule has 30 heavy (non-hydrogen) atoms. The molecule has 0 aliphatic carbocycles. The van der Waals surface area contributed by atoms with Gasteiger partial charge in [-0.2, -0.15) is 13.4 Å². The second-order valence-electron chi connectivity index (χ2n) is 6.45. The van der Waals surface area contributed by atoms with E-state index >= 15 is 0 Å². The van der Waals surface area contributed by atoms with Gasteiger partial charge in [0.25, 0.3) is 10.2 Å². The fourth-order valence-corrected chi connectivity index (χ4v) is 4.49. The smallest absolute Gasteiger partial charge is 0.350 e. The molecule has 0 bridgehead atoms. The highest BCUT2D eigenvalue weighted by molar-refractivity contribution is 7.87. The average molecular weight is 476 g/mol. The predicted octanol–water partition coefficient (Wildman–Crippen LogP) is 1.36. The van der Waals surface area contributed by atoms with Crippen molar-refractivity contribution in [1.29, 1.82) is 0 Å². The van der Waals surface area contributed by atoms with Gasteiger partial charge in [0, 0.05) is 25.2 Å². The van der Waals surface area contributed by atoms with E-state index in [9.17, 15) is 13.2 Å². The molecular weight excluding hydrogens is 454 g/mol. The number of esters is 1. The molecule has 0 spiro atoms. The first-order chi connectivity index (χ1) is 14.2. The van der Waals surface area contributed by atoms with Gasteiger partial charge in [-0.15, -0.1) is 0 Å². The van der Waals surface area contributed by atoms with Crippen LogP contribution in [0.4, 0.5) is 16.9 Å². The fraction of sp³-hybridized carbons (Fsp3) is 0.500. The van der Waals surface area contributed by atoms with Crippen LogP contribution < -0.4 is 20.1 Å². The molecule has 2 aromatic rings. The summed E-state index contributed by atoms with van der Waals surface area (Å²) in [4.78, 5) is 27.5. The molecule has 3 rings (SSSR count). The van der Waals surface area contributed by atoms with E-state index in [1.807, 2.05) is 4.90 Å². The van der Waals surface area contributed by atoms with E-state index in [0.717, 1.165) is 29.7 Å². The molecule has 1 aliphatic heterocycles. The summed E-state index contributed by atoms with van der Waals surface area (Å²) in [6.45, 7) is 4.93. The van der Waals surface area contributed by atoms with Gasteiger partial charge in [-0.1, -0.05) is 22.9 Å². The van der Waals surface area contributed by atoms with Crippen LogP contribution in [0.15, 0.2) is 0 Å². The van der Waals surface area contributed by atoms with Crippen LogP contribution in [-0.2, 0) is 21.4 Å². The largest absolute Gasteiger partial charge is 0.462 e. The summed E-state index contributed by atoms with van der Waals surface area (Å²) in [5, 5.41) is 8.72. The van der Waals surface area contributed by atoms with Crippen LogP contribution in [0, 0.1) is 6.92 Å². The second kappa shape index (κ2) is 9.39. The Kier molecular flexibility index (Phi) is 7.08. The number of ether oxygens (including phenoxy) is 1. The molecule has 1 aliphatic rings. The molecule has 3 heterocycles. The van der Waals surface area contributed by atoms with Crippen molar-refractivity contribution in [3.63, 3.8) is 0 Å². The first kappa shape index (κ1) is 22.6. The first-order valence-electron chi connectivity index (χ1n) is 9.18. The predicted molar refractivity (Wildman–Crippen MR) is 115 cm³/mol. The molecule has 14 heteroatoms. The van der Waals surface area contributed by atoms with Crippen LogP contribution in [0.3, 0.4) is 0 Å². The third-order valence-corrected chi connectivity index (χ3v) is 6.22. The number of halogens is 1. The normalized spacial score (nSPS) is 13.8. The van der Waals surface area contributed by atoms with Gasteiger partial charge in [0.15, 0.2) is 5.13 Å². The SMILES string of the molecule is CCOC(=O)c1sc(Nc2nc(Cl)c3c(n2)N(CCNS(N)(=O)=O)CCC3)nc1C. The summed E-state index contributed by atoms with van der Waals surface area (Å²) in [7, 11) is -3.76. The van der Waals surface area contributed by atoms with Crippen LogP contribution in [0.1, 0.15) is 34.3 Å². The highest BCUT2D eigenvalue weighted by Gasteiger charge is 2.24. The summed E-state index contributed by atoms with van der Waals surface area (Å²) in [5.74, 6) is 0.423. The maximum atomic E-state index is 12.0. The topological polar surface area (TPSA) is 152 Å². The standard InChI is InChI=1S/C16H22ClN7O4S2/c1-3-28-14(25)11-9(2)20-16(29-11)23-15-21-12(17)10-5-4-7-24(13(10)22-15)8-6-19-30(18,26)27/h19H,3-8H2,1-2H3,(H2,18,26,27)(H,20,21,22,23). The number of nitrogens with one attached hydrogen (secondary N) is 2. The van der Waals surface area contributed by atoms with Crippen molar-refractivity contribution in [2.24, 2.45) is 5.14 Å². The molecule has 2 aromatic heterocycles. The maximum absolute atomic E-state index is 12.0. The van der Waals surface area contributed by atoms with E-state index < -0.39 is 16.2 Å². The van der Waals surface area contributed by atoms with Gasteiger partial charge in [0.2, 0.25) is 5.95 Å². The van der Waals surface area contributed by atoms with Gasteiger partial charge in [0.05, 0.1) is 12.3 Å². The van der Waals surface area contributed by atoms with Gasteiger partial charge in [0.1, 0.15) is 15.8 Å². The van der Waals surface area contributed by atoms with Crippen molar-refractivity contribution in [3.8, 4) is 0 Å². The summed E-state index contributed by atoms with van der Waals surface area (Å²) >= 11 is 7.51. The lowest BCUT2D eigenvalue weighted by Gasteiger charge is -2.30. The van der Waals surface area contributed by atoms with E-state index in [-0.39, 0.29) is 19.1 Å². The number of carbonyl (C=O) groups excluding carboxylic acids is 1. The van der Waals surface area contributed by atoms with Crippen molar-refractivity contribution < 1.29 is 17.9 Å². The Morgan fingerprint density at radius 1 is 1.37 bits per heavy atom. The van der Waals surface area contributed by atoms with Crippen molar-refractivity contribution >= 4 is 56.0 Å². The molecule has 0 atom stereocenters. The molecule has 0 unspecified atom stereocenters. The van der Waals surface area contributed by atoms with E-state index in [2.05, 4.69) is 25.0 Å². The molecule has 0 amide bonds. The minimum Gasteiger partial charge on any atom is -0.462 e. The summed E-state index contributed by atoms with van der Waals surface area (Å²) in [6.07, 6.45) is 1.56. The van der Waals surface area contributed by atoms with Gasteiger partial charge < -0.3 is 9.64 Å². The summed E-state index contributed by atoms with van der Waals surface area (Å²) in [5.41, 5.74) is 1.34. The number of hydrogen-bond donors (Lipinski definition) is 3. The monoisotopic (exact) mass is 475 g/mol. The zero-order valence-electron chi connectivity index (χ0n) is 16.4. The molecular formula is C16H22ClN7O4S2. The molecule has 11 nitrogen and oxygen atoms in total. The number of nitrogens with two attached hydrogens (primary N) is 1. The number of hydrogen-bond acceptors (Lipinski definition) is 10. The Labute approximate surface area is 183 Å². The minimum atomic E-state index is -3.76.